The van der Waals surface area contributed by atoms with E-state index in [0.29, 0.717) is 0 Å². The fourth-order valence-electron chi connectivity index (χ4n) is 1.41. The molecule has 0 N–H and O–H groups in total. The molecule has 0 aliphatic rings. The summed E-state index contributed by atoms with van der Waals surface area (Å²) in [5.41, 5.74) is 2.56. The highest BCUT2D eigenvalue weighted by Crippen LogP contribution is 2.18. The van der Waals surface area contributed by atoms with Crippen LogP contribution in [0.4, 0.5) is 0 Å². The minimum absolute atomic E-state index is 1.14. The smallest absolute Gasteiger partial charge is 0.0230 e. The Hall–Kier alpha value is -1.04. The fourth-order valence-corrected chi connectivity index (χ4v) is 1.41. The second-order valence-corrected chi connectivity index (χ2v) is 3.43. The summed E-state index contributed by atoms with van der Waals surface area (Å²) in [5.74, 6) is 0. The monoisotopic (exact) mass is 174 g/mol. The molecule has 0 atom stereocenters. The van der Waals surface area contributed by atoms with Crippen molar-refractivity contribution in [3.63, 3.8) is 0 Å². The zero-order valence-corrected chi connectivity index (χ0v) is 8.42. The predicted octanol–water partition coefficient (Wildman–Crippen LogP) is 4.28. The zero-order chi connectivity index (χ0) is 9.52. The topological polar surface area (TPSA) is 0 Å². The lowest BCUT2D eigenvalue weighted by atomic mass is 10.0. The molecule has 0 aliphatic heterocycles. The molecule has 0 spiro atoms. The van der Waals surface area contributed by atoms with Gasteiger partial charge in [0.1, 0.15) is 0 Å². The first-order valence-electron chi connectivity index (χ1n) is 5.07. The van der Waals surface area contributed by atoms with Crippen molar-refractivity contribution in [2.24, 2.45) is 0 Å². The standard InChI is InChI=1S/C13H18/c1-3-4-6-9-12(2)13-10-7-5-8-11-13/h5,7-8,10-11H,2-4,6,9H2,1H3. The van der Waals surface area contributed by atoms with Gasteiger partial charge in [0.2, 0.25) is 0 Å². The van der Waals surface area contributed by atoms with E-state index in [-0.39, 0.29) is 0 Å². The third kappa shape index (κ3) is 3.45. The Bertz CT molecular complexity index is 246. The van der Waals surface area contributed by atoms with Crippen LogP contribution >= 0.6 is 0 Å². The summed E-state index contributed by atoms with van der Waals surface area (Å²) < 4.78 is 0. The van der Waals surface area contributed by atoms with E-state index in [0.717, 1.165) is 6.42 Å². The van der Waals surface area contributed by atoms with Crippen LogP contribution < -0.4 is 0 Å². The zero-order valence-electron chi connectivity index (χ0n) is 8.42. The van der Waals surface area contributed by atoms with Gasteiger partial charge in [0, 0.05) is 0 Å². The lowest BCUT2D eigenvalue weighted by Crippen LogP contribution is -1.82. The highest BCUT2D eigenvalue weighted by molar-refractivity contribution is 5.62. The number of allylic oxidation sites excluding steroid dienone is 1. The Morgan fingerprint density at radius 2 is 1.85 bits per heavy atom. The number of hydrogen-bond acceptors (Lipinski definition) is 0. The molecule has 1 aromatic rings. The van der Waals surface area contributed by atoms with E-state index < -0.39 is 0 Å². The SMILES string of the molecule is C=C(CCCCC)c1ccccc1. The summed E-state index contributed by atoms with van der Waals surface area (Å²) in [7, 11) is 0. The lowest BCUT2D eigenvalue weighted by Gasteiger charge is -2.04. The van der Waals surface area contributed by atoms with Crippen LogP contribution in [0.25, 0.3) is 5.57 Å². The van der Waals surface area contributed by atoms with Crippen molar-refractivity contribution in [2.75, 3.05) is 0 Å². The molecule has 1 rings (SSSR count). The molecule has 1 aromatic carbocycles. The molecule has 0 saturated heterocycles. The van der Waals surface area contributed by atoms with Crippen molar-refractivity contribution in [3.05, 3.63) is 42.5 Å². The average Bonchev–Trinajstić information content (AvgIpc) is 2.19. The molecule has 0 radical (unpaired) electrons. The van der Waals surface area contributed by atoms with Crippen molar-refractivity contribution in [2.45, 2.75) is 32.6 Å². The summed E-state index contributed by atoms with van der Waals surface area (Å²) in [6, 6.07) is 10.5. The minimum Gasteiger partial charge on any atom is -0.0952 e. The second-order valence-electron chi connectivity index (χ2n) is 3.43. The summed E-state index contributed by atoms with van der Waals surface area (Å²) in [6.07, 6.45) is 5.00. The quantitative estimate of drug-likeness (QED) is 0.584. The highest BCUT2D eigenvalue weighted by atomic mass is 14.0. The molecule has 13 heavy (non-hydrogen) atoms. The lowest BCUT2D eigenvalue weighted by molar-refractivity contribution is 0.736. The van der Waals surface area contributed by atoms with Crippen LogP contribution in [0.3, 0.4) is 0 Å². The van der Waals surface area contributed by atoms with E-state index in [2.05, 4.69) is 37.8 Å². The normalized spacial score (nSPS) is 9.92. The van der Waals surface area contributed by atoms with E-state index in [4.69, 9.17) is 0 Å². The van der Waals surface area contributed by atoms with E-state index in [1.165, 1.54) is 30.4 Å². The van der Waals surface area contributed by atoms with Crippen LogP contribution in [0.2, 0.25) is 0 Å². The van der Waals surface area contributed by atoms with Gasteiger partial charge in [-0.1, -0.05) is 56.7 Å². The van der Waals surface area contributed by atoms with Crippen LogP contribution in [0, 0.1) is 0 Å². The third-order valence-electron chi connectivity index (χ3n) is 2.26. The maximum atomic E-state index is 4.10. The summed E-state index contributed by atoms with van der Waals surface area (Å²) >= 11 is 0. The predicted molar refractivity (Wildman–Crippen MR) is 59.6 cm³/mol. The fraction of sp³-hybridized carbons (Fsp3) is 0.385. The van der Waals surface area contributed by atoms with Gasteiger partial charge in [-0.15, -0.1) is 0 Å². The van der Waals surface area contributed by atoms with Gasteiger partial charge < -0.3 is 0 Å². The average molecular weight is 174 g/mol. The first kappa shape index (κ1) is 10.0. The molecule has 0 nitrogen and oxygen atoms in total. The molecule has 0 heterocycles. The van der Waals surface area contributed by atoms with Gasteiger partial charge in [0.15, 0.2) is 0 Å². The van der Waals surface area contributed by atoms with Gasteiger partial charge in [0.25, 0.3) is 0 Å². The van der Waals surface area contributed by atoms with Crippen LogP contribution in [0.15, 0.2) is 36.9 Å². The van der Waals surface area contributed by atoms with Crippen molar-refractivity contribution >= 4 is 5.57 Å². The Balaban J connectivity index is 2.40. The van der Waals surface area contributed by atoms with Crippen molar-refractivity contribution in [1.82, 2.24) is 0 Å². The van der Waals surface area contributed by atoms with Crippen LogP contribution in [0.1, 0.15) is 38.2 Å². The van der Waals surface area contributed by atoms with Gasteiger partial charge in [0.05, 0.1) is 0 Å². The summed E-state index contributed by atoms with van der Waals surface area (Å²) in [4.78, 5) is 0. The highest BCUT2D eigenvalue weighted by Gasteiger charge is 1.96. The molecule has 0 unspecified atom stereocenters. The number of unbranched alkanes of at least 4 members (excludes halogenated alkanes) is 2. The number of hydrogen-bond donors (Lipinski definition) is 0. The Kier molecular flexibility index (Phi) is 4.31. The third-order valence-corrected chi connectivity index (χ3v) is 2.26. The largest absolute Gasteiger partial charge is 0.0952 e. The van der Waals surface area contributed by atoms with Crippen molar-refractivity contribution in [1.29, 1.82) is 0 Å². The molecular weight excluding hydrogens is 156 g/mol. The van der Waals surface area contributed by atoms with Crippen molar-refractivity contribution in [3.8, 4) is 0 Å². The molecular formula is C13H18. The Morgan fingerprint density at radius 3 is 2.46 bits per heavy atom. The first-order valence-corrected chi connectivity index (χ1v) is 5.07. The minimum atomic E-state index is 1.14. The summed E-state index contributed by atoms with van der Waals surface area (Å²) in [5, 5.41) is 0. The second kappa shape index (κ2) is 5.58. The Labute approximate surface area is 81.3 Å². The van der Waals surface area contributed by atoms with Gasteiger partial charge in [-0.05, 0) is 24.0 Å². The van der Waals surface area contributed by atoms with E-state index in [9.17, 15) is 0 Å². The molecule has 0 saturated carbocycles. The molecule has 0 aromatic heterocycles. The molecule has 0 aliphatic carbocycles. The van der Waals surface area contributed by atoms with Gasteiger partial charge in [-0.3, -0.25) is 0 Å². The summed E-state index contributed by atoms with van der Waals surface area (Å²) in [6.45, 7) is 6.32. The molecule has 70 valence electrons. The van der Waals surface area contributed by atoms with Crippen LogP contribution in [-0.2, 0) is 0 Å². The maximum absolute atomic E-state index is 4.10. The first-order chi connectivity index (χ1) is 6.34. The van der Waals surface area contributed by atoms with Crippen LogP contribution in [-0.4, -0.2) is 0 Å². The molecule has 0 amide bonds. The molecule has 0 heteroatoms. The van der Waals surface area contributed by atoms with E-state index >= 15 is 0 Å². The molecule has 0 fully saturated rings. The maximum Gasteiger partial charge on any atom is -0.0230 e. The van der Waals surface area contributed by atoms with Crippen molar-refractivity contribution < 1.29 is 0 Å². The van der Waals surface area contributed by atoms with Gasteiger partial charge in [-0.2, -0.15) is 0 Å². The number of benzene rings is 1. The molecule has 0 bridgehead atoms. The number of rotatable bonds is 5. The van der Waals surface area contributed by atoms with E-state index in [1.807, 2.05) is 6.07 Å². The van der Waals surface area contributed by atoms with E-state index in [1.54, 1.807) is 0 Å². The van der Waals surface area contributed by atoms with Gasteiger partial charge in [-0.25, -0.2) is 0 Å². The Morgan fingerprint density at radius 1 is 1.15 bits per heavy atom. The van der Waals surface area contributed by atoms with Gasteiger partial charge >= 0.3 is 0 Å². The van der Waals surface area contributed by atoms with Crippen LogP contribution in [0.5, 0.6) is 0 Å².